The topological polar surface area (TPSA) is 41.1 Å². The molecule has 0 amide bonds. The van der Waals surface area contributed by atoms with Gasteiger partial charge < -0.3 is 5.32 Å². The maximum atomic E-state index is 4.24. The van der Waals surface area contributed by atoms with Gasteiger partial charge in [0.15, 0.2) is 0 Å². The number of hydrogen-bond acceptors (Lipinski definition) is 6. The summed E-state index contributed by atoms with van der Waals surface area (Å²) in [5.41, 5.74) is 0. The van der Waals surface area contributed by atoms with Gasteiger partial charge in [-0.25, -0.2) is 0 Å². The number of thioether (sulfide) groups is 1. The average molecular weight is 288 g/mol. The first-order valence-corrected chi connectivity index (χ1v) is 8.67. The molecular formula is C12H24N4S2. The van der Waals surface area contributed by atoms with E-state index in [1.807, 2.05) is 11.8 Å². The summed E-state index contributed by atoms with van der Waals surface area (Å²) in [5, 5.41) is 13.7. The van der Waals surface area contributed by atoms with Gasteiger partial charge in [-0.1, -0.05) is 25.2 Å². The maximum absolute atomic E-state index is 4.24. The minimum Gasteiger partial charge on any atom is -0.360 e. The zero-order valence-electron chi connectivity index (χ0n) is 11.8. The Kier molecular flexibility index (Phi) is 7.62. The smallest absolute Gasteiger partial charge is 0.205 e. The van der Waals surface area contributed by atoms with Gasteiger partial charge in [0, 0.05) is 18.3 Å². The van der Waals surface area contributed by atoms with Crippen molar-refractivity contribution >= 4 is 28.2 Å². The van der Waals surface area contributed by atoms with E-state index < -0.39 is 0 Å². The summed E-state index contributed by atoms with van der Waals surface area (Å²) in [7, 11) is 2.17. The zero-order chi connectivity index (χ0) is 13.4. The Morgan fingerprint density at radius 1 is 1.39 bits per heavy atom. The van der Waals surface area contributed by atoms with E-state index in [-0.39, 0.29) is 0 Å². The monoisotopic (exact) mass is 288 g/mol. The molecule has 4 nitrogen and oxygen atoms in total. The summed E-state index contributed by atoms with van der Waals surface area (Å²) < 4.78 is 0. The third-order valence-corrected chi connectivity index (χ3v) is 4.42. The number of nitrogens with one attached hydrogen (secondary N) is 1. The van der Waals surface area contributed by atoms with E-state index in [0.29, 0.717) is 6.04 Å². The van der Waals surface area contributed by atoms with Crippen LogP contribution in [-0.2, 0) is 6.54 Å². The molecule has 1 heterocycles. The van der Waals surface area contributed by atoms with Gasteiger partial charge in [-0.3, -0.25) is 4.90 Å². The number of nitrogens with zero attached hydrogens (tertiary/aromatic N) is 3. The second kappa shape index (κ2) is 8.72. The fourth-order valence-electron chi connectivity index (χ4n) is 1.71. The van der Waals surface area contributed by atoms with Crippen LogP contribution in [0.5, 0.6) is 0 Å². The van der Waals surface area contributed by atoms with Crippen molar-refractivity contribution in [1.29, 1.82) is 0 Å². The third-order valence-electron chi connectivity index (χ3n) is 2.83. The van der Waals surface area contributed by atoms with E-state index in [1.54, 1.807) is 11.3 Å². The normalized spacial score (nSPS) is 12.9. The van der Waals surface area contributed by atoms with Crippen LogP contribution in [0.15, 0.2) is 0 Å². The first kappa shape index (κ1) is 15.7. The summed E-state index contributed by atoms with van der Waals surface area (Å²) in [4.78, 5) is 2.38. The van der Waals surface area contributed by atoms with Crippen LogP contribution < -0.4 is 5.32 Å². The van der Waals surface area contributed by atoms with Crippen molar-refractivity contribution in [3.8, 4) is 0 Å². The average Bonchev–Trinajstić information content (AvgIpc) is 2.80. The molecular weight excluding hydrogens is 264 g/mol. The number of rotatable bonds is 9. The molecule has 104 valence electrons. The van der Waals surface area contributed by atoms with Crippen LogP contribution in [0, 0.1) is 0 Å². The Bertz CT molecular complexity index is 330. The molecule has 0 aliphatic rings. The Labute approximate surface area is 119 Å². The van der Waals surface area contributed by atoms with Crippen LogP contribution in [0.1, 0.15) is 31.7 Å². The van der Waals surface area contributed by atoms with E-state index >= 15 is 0 Å². The summed E-state index contributed by atoms with van der Waals surface area (Å²) in [5.74, 6) is 1.17. The fraction of sp³-hybridized carbons (Fsp3) is 0.833. The molecule has 0 bridgehead atoms. The minimum atomic E-state index is 0.621. The van der Waals surface area contributed by atoms with Gasteiger partial charge in [0.2, 0.25) is 5.13 Å². The molecule has 0 saturated heterocycles. The lowest BCUT2D eigenvalue weighted by molar-refractivity contribution is 0.247. The SMILES string of the molecule is CCCNc1nnc(CN(C)C(CC)CSC)s1. The Balaban J connectivity index is 2.47. The molecule has 18 heavy (non-hydrogen) atoms. The van der Waals surface area contributed by atoms with Crippen LogP contribution in [0.4, 0.5) is 5.13 Å². The van der Waals surface area contributed by atoms with Crippen molar-refractivity contribution in [2.24, 2.45) is 0 Å². The van der Waals surface area contributed by atoms with E-state index in [2.05, 4.69) is 47.6 Å². The van der Waals surface area contributed by atoms with Crippen LogP contribution in [0.2, 0.25) is 0 Å². The van der Waals surface area contributed by atoms with E-state index in [0.717, 1.165) is 29.6 Å². The van der Waals surface area contributed by atoms with Crippen LogP contribution in [0.25, 0.3) is 0 Å². The Morgan fingerprint density at radius 2 is 2.17 bits per heavy atom. The highest BCUT2D eigenvalue weighted by atomic mass is 32.2. The van der Waals surface area contributed by atoms with Gasteiger partial charge in [-0.2, -0.15) is 11.8 Å². The molecule has 6 heteroatoms. The van der Waals surface area contributed by atoms with E-state index in [4.69, 9.17) is 0 Å². The zero-order valence-corrected chi connectivity index (χ0v) is 13.4. The van der Waals surface area contributed by atoms with Gasteiger partial charge in [-0.05, 0) is 26.1 Å². The van der Waals surface area contributed by atoms with Gasteiger partial charge in [0.05, 0.1) is 6.54 Å². The van der Waals surface area contributed by atoms with Crippen LogP contribution in [-0.4, -0.2) is 46.7 Å². The summed E-state index contributed by atoms with van der Waals surface area (Å²) in [6, 6.07) is 0.621. The Hall–Kier alpha value is -0.330. The van der Waals surface area contributed by atoms with Crippen molar-refractivity contribution in [3.63, 3.8) is 0 Å². The molecule has 1 aromatic rings. The predicted molar refractivity (Wildman–Crippen MR) is 82.6 cm³/mol. The molecule has 1 N–H and O–H groups in total. The predicted octanol–water partition coefficient (Wildman–Crippen LogP) is 2.93. The number of hydrogen-bond donors (Lipinski definition) is 1. The quantitative estimate of drug-likeness (QED) is 0.756. The van der Waals surface area contributed by atoms with E-state index in [9.17, 15) is 0 Å². The molecule has 0 spiro atoms. The van der Waals surface area contributed by atoms with Gasteiger partial charge in [0.25, 0.3) is 0 Å². The Morgan fingerprint density at radius 3 is 2.78 bits per heavy atom. The van der Waals surface area contributed by atoms with Crippen molar-refractivity contribution < 1.29 is 0 Å². The second-order valence-electron chi connectivity index (χ2n) is 4.36. The molecule has 0 aromatic carbocycles. The van der Waals surface area contributed by atoms with Crippen molar-refractivity contribution in [2.75, 3.05) is 30.9 Å². The molecule has 0 saturated carbocycles. The molecule has 0 aliphatic carbocycles. The highest BCUT2D eigenvalue weighted by Gasteiger charge is 2.14. The van der Waals surface area contributed by atoms with Crippen LogP contribution in [0.3, 0.4) is 0 Å². The molecule has 1 aromatic heterocycles. The van der Waals surface area contributed by atoms with Gasteiger partial charge in [0.1, 0.15) is 5.01 Å². The lowest BCUT2D eigenvalue weighted by Crippen LogP contribution is -2.32. The van der Waals surface area contributed by atoms with Crippen molar-refractivity contribution in [3.05, 3.63) is 5.01 Å². The summed E-state index contributed by atoms with van der Waals surface area (Å²) >= 11 is 3.57. The minimum absolute atomic E-state index is 0.621. The molecule has 0 aliphatic heterocycles. The molecule has 1 rings (SSSR count). The van der Waals surface area contributed by atoms with Gasteiger partial charge in [-0.15, -0.1) is 10.2 Å². The highest BCUT2D eigenvalue weighted by Crippen LogP contribution is 2.18. The maximum Gasteiger partial charge on any atom is 0.205 e. The highest BCUT2D eigenvalue weighted by molar-refractivity contribution is 7.98. The molecule has 1 unspecified atom stereocenters. The third kappa shape index (κ3) is 5.12. The van der Waals surface area contributed by atoms with E-state index in [1.165, 1.54) is 12.2 Å². The summed E-state index contributed by atoms with van der Waals surface area (Å²) in [6.45, 7) is 6.25. The lowest BCUT2D eigenvalue weighted by atomic mass is 10.2. The molecule has 0 fully saturated rings. The van der Waals surface area contributed by atoms with Gasteiger partial charge >= 0.3 is 0 Å². The number of aromatic nitrogens is 2. The van der Waals surface area contributed by atoms with Crippen molar-refractivity contribution in [1.82, 2.24) is 15.1 Å². The fourth-order valence-corrected chi connectivity index (χ4v) is 3.42. The number of anilines is 1. The van der Waals surface area contributed by atoms with Crippen LogP contribution >= 0.6 is 23.1 Å². The largest absolute Gasteiger partial charge is 0.360 e. The second-order valence-corrected chi connectivity index (χ2v) is 6.33. The first-order valence-electron chi connectivity index (χ1n) is 6.46. The molecule has 0 radical (unpaired) electrons. The lowest BCUT2D eigenvalue weighted by Gasteiger charge is -2.25. The molecule has 1 atom stereocenters. The summed E-state index contributed by atoms with van der Waals surface area (Å²) in [6.07, 6.45) is 4.45. The standard InChI is InChI=1S/C12H24N4S2/c1-5-7-13-12-15-14-11(18-12)8-16(3)10(6-2)9-17-4/h10H,5-9H2,1-4H3,(H,13,15). The first-order chi connectivity index (χ1) is 8.71. The van der Waals surface area contributed by atoms with Crippen molar-refractivity contribution in [2.45, 2.75) is 39.3 Å².